The van der Waals surface area contributed by atoms with E-state index in [0.717, 1.165) is 32.5 Å². The first-order chi connectivity index (χ1) is 7.69. The summed E-state index contributed by atoms with van der Waals surface area (Å²) in [5.41, 5.74) is 0. The predicted molar refractivity (Wildman–Crippen MR) is 64.4 cm³/mol. The maximum Gasteiger partial charge on any atom is 0.248 e. The van der Waals surface area contributed by atoms with Gasteiger partial charge < -0.3 is 14.5 Å². The van der Waals surface area contributed by atoms with Gasteiger partial charge in [-0.3, -0.25) is 4.79 Å². The third-order valence-electron chi connectivity index (χ3n) is 3.38. The number of nitrogens with zero attached hydrogens (tertiary/aromatic N) is 2. The number of likely N-dealkylation sites (tertiary alicyclic amines) is 1. The van der Waals surface area contributed by atoms with Crippen molar-refractivity contribution in [3.05, 3.63) is 0 Å². The summed E-state index contributed by atoms with van der Waals surface area (Å²) in [4.78, 5) is 16.0. The molecule has 0 unspecified atom stereocenters. The summed E-state index contributed by atoms with van der Waals surface area (Å²) >= 11 is 0. The van der Waals surface area contributed by atoms with Crippen LogP contribution < -0.4 is 0 Å². The Balaban J connectivity index is 2.32. The van der Waals surface area contributed by atoms with Crippen molar-refractivity contribution < 1.29 is 9.53 Å². The van der Waals surface area contributed by atoms with Crippen molar-refractivity contribution in [3.8, 4) is 0 Å². The normalized spacial score (nSPS) is 18.7. The third kappa shape index (κ3) is 3.76. The van der Waals surface area contributed by atoms with Gasteiger partial charge in [0.15, 0.2) is 0 Å². The zero-order chi connectivity index (χ0) is 12.0. The van der Waals surface area contributed by atoms with Crippen molar-refractivity contribution in [1.82, 2.24) is 9.80 Å². The van der Waals surface area contributed by atoms with Crippen LogP contribution in [0.4, 0.5) is 0 Å². The second-order valence-electron chi connectivity index (χ2n) is 4.31. The summed E-state index contributed by atoms with van der Waals surface area (Å²) in [5, 5.41) is 0. The molecule has 0 spiro atoms. The maximum atomic E-state index is 11.7. The molecule has 4 nitrogen and oxygen atoms in total. The van der Waals surface area contributed by atoms with Crippen LogP contribution in [0.1, 0.15) is 26.7 Å². The lowest BCUT2D eigenvalue weighted by Crippen LogP contribution is -2.46. The van der Waals surface area contributed by atoms with Crippen molar-refractivity contribution in [2.24, 2.45) is 0 Å². The number of likely N-dealkylation sites (N-methyl/N-ethyl adjacent to an activating group) is 1. The molecule has 1 saturated heterocycles. The number of rotatable bonds is 5. The van der Waals surface area contributed by atoms with Crippen LogP contribution in [0.25, 0.3) is 0 Å². The second kappa shape index (κ2) is 6.86. The van der Waals surface area contributed by atoms with Gasteiger partial charge in [0, 0.05) is 32.8 Å². The Labute approximate surface area is 98.5 Å². The molecule has 1 heterocycles. The monoisotopic (exact) mass is 228 g/mol. The van der Waals surface area contributed by atoms with Gasteiger partial charge in [-0.05, 0) is 26.3 Å². The average molecular weight is 228 g/mol. The summed E-state index contributed by atoms with van der Waals surface area (Å²) < 4.78 is 5.15. The first-order valence-corrected chi connectivity index (χ1v) is 6.24. The minimum absolute atomic E-state index is 0.108. The Kier molecular flexibility index (Phi) is 5.77. The zero-order valence-corrected chi connectivity index (χ0v) is 10.7. The Morgan fingerprint density at radius 3 is 2.50 bits per heavy atom. The van der Waals surface area contributed by atoms with Crippen LogP contribution in [0.3, 0.4) is 0 Å². The highest BCUT2D eigenvalue weighted by atomic mass is 16.5. The van der Waals surface area contributed by atoms with E-state index in [-0.39, 0.29) is 12.5 Å². The Morgan fingerprint density at radius 1 is 1.38 bits per heavy atom. The topological polar surface area (TPSA) is 32.8 Å². The third-order valence-corrected chi connectivity index (χ3v) is 3.38. The number of amides is 1. The minimum atomic E-state index is 0.108. The SMILES string of the molecule is CCOCC(=O)N(C)C1CCN(CC)CC1. The number of carbonyl (C=O) groups excluding carboxylic acids is 1. The summed E-state index contributed by atoms with van der Waals surface area (Å²) in [5.74, 6) is 0.108. The van der Waals surface area contributed by atoms with Gasteiger partial charge in [0.2, 0.25) is 5.91 Å². The van der Waals surface area contributed by atoms with Gasteiger partial charge in [-0.15, -0.1) is 0 Å². The molecule has 0 bridgehead atoms. The molecular formula is C12H24N2O2. The molecule has 0 aromatic carbocycles. The summed E-state index contributed by atoms with van der Waals surface area (Å²) in [7, 11) is 1.90. The van der Waals surface area contributed by atoms with Gasteiger partial charge in [-0.25, -0.2) is 0 Å². The van der Waals surface area contributed by atoms with Crippen molar-refractivity contribution >= 4 is 5.91 Å². The van der Waals surface area contributed by atoms with Crippen LogP contribution in [0.2, 0.25) is 0 Å². The highest BCUT2D eigenvalue weighted by molar-refractivity contribution is 5.77. The average Bonchev–Trinajstić information content (AvgIpc) is 2.35. The Bertz CT molecular complexity index is 213. The van der Waals surface area contributed by atoms with Crippen LogP contribution in [-0.2, 0) is 9.53 Å². The largest absolute Gasteiger partial charge is 0.372 e. The highest BCUT2D eigenvalue weighted by Crippen LogP contribution is 2.15. The number of ether oxygens (including phenoxy) is 1. The Hall–Kier alpha value is -0.610. The van der Waals surface area contributed by atoms with E-state index in [9.17, 15) is 4.79 Å². The van der Waals surface area contributed by atoms with E-state index in [2.05, 4.69) is 11.8 Å². The van der Waals surface area contributed by atoms with E-state index in [1.54, 1.807) is 0 Å². The fourth-order valence-electron chi connectivity index (χ4n) is 2.12. The lowest BCUT2D eigenvalue weighted by atomic mass is 10.0. The number of hydrogen-bond donors (Lipinski definition) is 0. The van der Waals surface area contributed by atoms with Crippen molar-refractivity contribution in [2.75, 3.05) is 39.9 Å². The maximum absolute atomic E-state index is 11.7. The minimum Gasteiger partial charge on any atom is -0.372 e. The lowest BCUT2D eigenvalue weighted by Gasteiger charge is -2.36. The summed E-state index contributed by atoms with van der Waals surface area (Å²) in [6.45, 7) is 8.25. The molecular weight excluding hydrogens is 204 g/mol. The van der Waals surface area contributed by atoms with Crippen LogP contribution in [0.5, 0.6) is 0 Å². The molecule has 0 aromatic heterocycles. The molecule has 0 aromatic rings. The molecule has 0 radical (unpaired) electrons. The van der Waals surface area contributed by atoms with E-state index in [4.69, 9.17) is 4.74 Å². The zero-order valence-electron chi connectivity index (χ0n) is 10.7. The van der Waals surface area contributed by atoms with Gasteiger partial charge in [-0.2, -0.15) is 0 Å². The molecule has 94 valence electrons. The van der Waals surface area contributed by atoms with Gasteiger partial charge in [0.25, 0.3) is 0 Å². The van der Waals surface area contributed by atoms with Crippen LogP contribution in [0.15, 0.2) is 0 Å². The second-order valence-corrected chi connectivity index (χ2v) is 4.31. The Morgan fingerprint density at radius 2 is 2.00 bits per heavy atom. The predicted octanol–water partition coefficient (Wildman–Crippen LogP) is 0.966. The quantitative estimate of drug-likeness (QED) is 0.703. The van der Waals surface area contributed by atoms with Crippen LogP contribution in [0, 0.1) is 0 Å². The van der Waals surface area contributed by atoms with E-state index in [0.29, 0.717) is 12.6 Å². The highest BCUT2D eigenvalue weighted by Gasteiger charge is 2.24. The van der Waals surface area contributed by atoms with E-state index >= 15 is 0 Å². The lowest BCUT2D eigenvalue weighted by molar-refractivity contribution is -0.137. The molecule has 0 saturated carbocycles. The molecule has 1 rings (SSSR count). The summed E-state index contributed by atoms with van der Waals surface area (Å²) in [6.07, 6.45) is 2.17. The molecule has 1 aliphatic heterocycles. The van der Waals surface area contributed by atoms with Crippen molar-refractivity contribution in [2.45, 2.75) is 32.7 Å². The van der Waals surface area contributed by atoms with Gasteiger partial charge >= 0.3 is 0 Å². The van der Waals surface area contributed by atoms with Crippen molar-refractivity contribution in [1.29, 1.82) is 0 Å². The van der Waals surface area contributed by atoms with Crippen LogP contribution >= 0.6 is 0 Å². The summed E-state index contributed by atoms with van der Waals surface area (Å²) in [6, 6.07) is 0.399. The molecule has 0 N–H and O–H groups in total. The van der Waals surface area contributed by atoms with Gasteiger partial charge in [0.1, 0.15) is 6.61 Å². The molecule has 1 aliphatic rings. The molecule has 16 heavy (non-hydrogen) atoms. The number of carbonyl (C=O) groups is 1. The van der Waals surface area contributed by atoms with E-state index < -0.39 is 0 Å². The van der Waals surface area contributed by atoms with Gasteiger partial charge in [0.05, 0.1) is 0 Å². The fourth-order valence-corrected chi connectivity index (χ4v) is 2.12. The van der Waals surface area contributed by atoms with E-state index in [1.165, 1.54) is 0 Å². The molecule has 0 atom stereocenters. The molecule has 1 fully saturated rings. The first kappa shape index (κ1) is 13.5. The fraction of sp³-hybridized carbons (Fsp3) is 0.917. The van der Waals surface area contributed by atoms with Gasteiger partial charge in [-0.1, -0.05) is 6.92 Å². The molecule has 4 heteroatoms. The van der Waals surface area contributed by atoms with E-state index in [1.807, 2.05) is 18.9 Å². The molecule has 1 amide bonds. The smallest absolute Gasteiger partial charge is 0.248 e. The van der Waals surface area contributed by atoms with Crippen LogP contribution in [-0.4, -0.2) is 61.6 Å². The number of piperidine rings is 1. The standard InChI is InChI=1S/C12H24N2O2/c1-4-14-8-6-11(7-9-14)13(3)12(15)10-16-5-2/h11H,4-10H2,1-3H3. The first-order valence-electron chi connectivity index (χ1n) is 6.24. The number of hydrogen-bond acceptors (Lipinski definition) is 3. The van der Waals surface area contributed by atoms with Crippen molar-refractivity contribution in [3.63, 3.8) is 0 Å². The molecule has 0 aliphatic carbocycles.